The maximum absolute atomic E-state index is 11.9. The first-order valence-corrected chi connectivity index (χ1v) is 6.16. The molecule has 1 fully saturated rings. The molecule has 1 aromatic carbocycles. The molecule has 5 nitrogen and oxygen atoms in total. The number of nitrogens with one attached hydrogen (secondary N) is 2. The van der Waals surface area contributed by atoms with Gasteiger partial charge >= 0.3 is 6.03 Å². The third-order valence-corrected chi connectivity index (χ3v) is 2.98. The Bertz CT molecular complexity index is 403. The smallest absolute Gasteiger partial charge is 0.317 e. The summed E-state index contributed by atoms with van der Waals surface area (Å²) in [5.74, 6) is 0.809. The average molecular weight is 249 g/mol. The minimum Gasteiger partial charge on any atom is -0.497 e. The highest BCUT2D eigenvalue weighted by atomic mass is 16.5. The molecule has 5 heteroatoms. The molecule has 1 aliphatic rings. The molecule has 0 bridgehead atoms. The normalized spacial score (nSPS) is 15.3. The standard InChI is InChI=1S/C13H19N3O2/c1-18-12-4-2-3-11(9-12)10-15-13(17)16-7-5-14-6-8-16/h2-4,9,14H,5-8,10H2,1H3,(H,15,17). The molecule has 2 rings (SSSR count). The minimum atomic E-state index is -0.000630. The number of nitrogens with zero attached hydrogens (tertiary/aromatic N) is 1. The molecule has 0 aromatic heterocycles. The third kappa shape index (κ3) is 3.37. The largest absolute Gasteiger partial charge is 0.497 e. The van der Waals surface area contributed by atoms with Gasteiger partial charge in [0.2, 0.25) is 0 Å². The molecule has 2 amide bonds. The van der Waals surface area contributed by atoms with E-state index in [-0.39, 0.29) is 6.03 Å². The van der Waals surface area contributed by atoms with Crippen molar-refractivity contribution in [3.8, 4) is 5.75 Å². The maximum Gasteiger partial charge on any atom is 0.317 e. The van der Waals surface area contributed by atoms with E-state index in [1.54, 1.807) is 7.11 Å². The van der Waals surface area contributed by atoms with E-state index < -0.39 is 0 Å². The monoisotopic (exact) mass is 249 g/mol. The summed E-state index contributed by atoms with van der Waals surface area (Å²) in [6.45, 7) is 3.80. The molecular weight excluding hydrogens is 230 g/mol. The molecule has 0 spiro atoms. The second-order valence-corrected chi connectivity index (χ2v) is 4.25. The number of ether oxygens (including phenoxy) is 1. The predicted molar refractivity (Wildman–Crippen MR) is 69.7 cm³/mol. The van der Waals surface area contributed by atoms with Crippen LogP contribution < -0.4 is 15.4 Å². The van der Waals surface area contributed by atoms with Crippen LogP contribution in [0.25, 0.3) is 0 Å². The number of carbonyl (C=O) groups excluding carboxylic acids is 1. The van der Waals surface area contributed by atoms with Gasteiger partial charge in [-0.25, -0.2) is 4.79 Å². The van der Waals surface area contributed by atoms with E-state index in [4.69, 9.17) is 4.74 Å². The van der Waals surface area contributed by atoms with Gasteiger partial charge in [0.05, 0.1) is 7.11 Å². The summed E-state index contributed by atoms with van der Waals surface area (Å²) in [5, 5.41) is 6.14. The minimum absolute atomic E-state index is 0.000630. The highest BCUT2D eigenvalue weighted by molar-refractivity contribution is 5.74. The van der Waals surface area contributed by atoms with Crippen molar-refractivity contribution >= 4 is 6.03 Å². The second kappa shape index (κ2) is 6.26. The number of hydrogen-bond donors (Lipinski definition) is 2. The van der Waals surface area contributed by atoms with Gasteiger partial charge in [-0.15, -0.1) is 0 Å². The van der Waals surface area contributed by atoms with Crippen molar-refractivity contribution in [2.45, 2.75) is 6.54 Å². The maximum atomic E-state index is 11.9. The number of hydrogen-bond acceptors (Lipinski definition) is 3. The Labute approximate surface area is 107 Å². The average Bonchev–Trinajstić information content (AvgIpc) is 2.46. The van der Waals surface area contributed by atoms with E-state index in [1.807, 2.05) is 29.2 Å². The first-order chi connectivity index (χ1) is 8.79. The molecule has 2 N–H and O–H groups in total. The van der Waals surface area contributed by atoms with Gasteiger partial charge in [-0.05, 0) is 17.7 Å². The SMILES string of the molecule is COc1cccc(CNC(=O)N2CCNCC2)c1. The lowest BCUT2D eigenvalue weighted by Crippen LogP contribution is -2.50. The Morgan fingerprint density at radius 2 is 2.22 bits per heavy atom. The van der Waals surface area contributed by atoms with Crippen LogP contribution in [0.15, 0.2) is 24.3 Å². The Kier molecular flexibility index (Phi) is 4.41. The van der Waals surface area contributed by atoms with Gasteiger partial charge in [0, 0.05) is 32.7 Å². The van der Waals surface area contributed by atoms with Crippen molar-refractivity contribution in [3.05, 3.63) is 29.8 Å². The van der Waals surface area contributed by atoms with Crippen LogP contribution in [-0.2, 0) is 6.54 Å². The number of rotatable bonds is 3. The number of benzene rings is 1. The fraction of sp³-hybridized carbons (Fsp3) is 0.462. The Morgan fingerprint density at radius 1 is 1.44 bits per heavy atom. The zero-order valence-electron chi connectivity index (χ0n) is 10.6. The van der Waals surface area contributed by atoms with Gasteiger partial charge in [0.1, 0.15) is 5.75 Å². The number of methoxy groups -OCH3 is 1. The second-order valence-electron chi connectivity index (χ2n) is 4.25. The van der Waals surface area contributed by atoms with Crippen LogP contribution in [0.2, 0.25) is 0 Å². The van der Waals surface area contributed by atoms with E-state index in [9.17, 15) is 4.79 Å². The molecule has 1 aromatic rings. The topological polar surface area (TPSA) is 53.6 Å². The van der Waals surface area contributed by atoms with Crippen LogP contribution in [-0.4, -0.2) is 44.2 Å². The van der Waals surface area contributed by atoms with Crippen molar-refractivity contribution in [1.82, 2.24) is 15.5 Å². The molecule has 0 saturated carbocycles. The van der Waals surface area contributed by atoms with E-state index in [0.717, 1.165) is 37.5 Å². The summed E-state index contributed by atoms with van der Waals surface area (Å²) >= 11 is 0. The summed E-state index contributed by atoms with van der Waals surface area (Å²) in [4.78, 5) is 13.7. The summed E-state index contributed by atoms with van der Waals surface area (Å²) < 4.78 is 5.15. The van der Waals surface area contributed by atoms with Gasteiger partial charge in [-0.2, -0.15) is 0 Å². The Hall–Kier alpha value is -1.75. The van der Waals surface area contributed by atoms with Crippen LogP contribution in [0, 0.1) is 0 Å². The quantitative estimate of drug-likeness (QED) is 0.833. The summed E-state index contributed by atoms with van der Waals surface area (Å²) in [5.41, 5.74) is 1.04. The molecule has 1 aliphatic heterocycles. The zero-order chi connectivity index (χ0) is 12.8. The van der Waals surface area contributed by atoms with E-state index in [2.05, 4.69) is 10.6 Å². The molecule has 98 valence electrons. The van der Waals surface area contributed by atoms with Gasteiger partial charge in [-0.1, -0.05) is 12.1 Å². The van der Waals surface area contributed by atoms with Gasteiger partial charge in [-0.3, -0.25) is 0 Å². The number of amides is 2. The first-order valence-electron chi connectivity index (χ1n) is 6.16. The van der Waals surface area contributed by atoms with Crippen LogP contribution in [0.5, 0.6) is 5.75 Å². The first kappa shape index (κ1) is 12.7. The van der Waals surface area contributed by atoms with E-state index >= 15 is 0 Å². The van der Waals surface area contributed by atoms with E-state index in [1.165, 1.54) is 0 Å². The van der Waals surface area contributed by atoms with Gasteiger partial charge < -0.3 is 20.3 Å². The van der Waals surface area contributed by atoms with Crippen LogP contribution >= 0.6 is 0 Å². The van der Waals surface area contributed by atoms with E-state index in [0.29, 0.717) is 6.54 Å². The predicted octanol–water partition coefficient (Wildman–Crippen LogP) is 0.810. The molecule has 0 radical (unpaired) electrons. The molecule has 0 aliphatic carbocycles. The summed E-state index contributed by atoms with van der Waals surface area (Å²) in [7, 11) is 1.64. The fourth-order valence-electron chi connectivity index (χ4n) is 1.94. The Morgan fingerprint density at radius 3 is 2.94 bits per heavy atom. The fourth-order valence-corrected chi connectivity index (χ4v) is 1.94. The highest BCUT2D eigenvalue weighted by Crippen LogP contribution is 2.12. The van der Waals surface area contributed by atoms with Crippen LogP contribution in [0.4, 0.5) is 4.79 Å². The lowest BCUT2D eigenvalue weighted by molar-refractivity contribution is 0.189. The molecule has 1 saturated heterocycles. The summed E-state index contributed by atoms with van der Waals surface area (Å²) in [6.07, 6.45) is 0. The molecule has 18 heavy (non-hydrogen) atoms. The van der Waals surface area contributed by atoms with Crippen molar-refractivity contribution < 1.29 is 9.53 Å². The number of carbonyl (C=O) groups is 1. The lowest BCUT2D eigenvalue weighted by atomic mass is 10.2. The number of urea groups is 1. The zero-order valence-corrected chi connectivity index (χ0v) is 10.6. The summed E-state index contributed by atoms with van der Waals surface area (Å²) in [6, 6.07) is 7.71. The number of piperazine rings is 1. The van der Waals surface area contributed by atoms with Gasteiger partial charge in [0.25, 0.3) is 0 Å². The van der Waals surface area contributed by atoms with Crippen molar-refractivity contribution in [1.29, 1.82) is 0 Å². The Balaban J connectivity index is 1.84. The molecular formula is C13H19N3O2. The lowest BCUT2D eigenvalue weighted by Gasteiger charge is -2.27. The molecule has 1 heterocycles. The highest BCUT2D eigenvalue weighted by Gasteiger charge is 2.15. The van der Waals surface area contributed by atoms with Crippen LogP contribution in [0.1, 0.15) is 5.56 Å². The third-order valence-electron chi connectivity index (χ3n) is 2.98. The van der Waals surface area contributed by atoms with Crippen molar-refractivity contribution in [2.24, 2.45) is 0 Å². The van der Waals surface area contributed by atoms with Crippen LogP contribution in [0.3, 0.4) is 0 Å². The van der Waals surface area contributed by atoms with Crippen molar-refractivity contribution in [2.75, 3.05) is 33.3 Å². The molecule has 0 atom stereocenters. The van der Waals surface area contributed by atoms with Crippen molar-refractivity contribution in [3.63, 3.8) is 0 Å². The molecule has 0 unspecified atom stereocenters. The van der Waals surface area contributed by atoms with Gasteiger partial charge in [0.15, 0.2) is 0 Å².